The van der Waals surface area contributed by atoms with E-state index in [1.54, 1.807) is 36.5 Å². The number of aromatic nitrogens is 3. The lowest BCUT2D eigenvalue weighted by Gasteiger charge is -2.34. The maximum Gasteiger partial charge on any atom is 0.259 e. The summed E-state index contributed by atoms with van der Waals surface area (Å²) in [6.07, 6.45) is 5.50. The van der Waals surface area contributed by atoms with Crippen molar-refractivity contribution in [3.63, 3.8) is 0 Å². The van der Waals surface area contributed by atoms with Gasteiger partial charge < -0.3 is 4.98 Å². The molecule has 1 atom stereocenters. The Kier molecular flexibility index (Phi) is 3.93. The average Bonchev–Trinajstić information content (AvgIpc) is 3.12. The maximum absolute atomic E-state index is 13.1. The van der Waals surface area contributed by atoms with Gasteiger partial charge in [0.25, 0.3) is 5.56 Å². The fraction of sp³-hybridized carbons (Fsp3) is 0.294. The molecule has 4 rings (SSSR count). The minimum absolute atomic E-state index is 0.219. The molecule has 3 aromatic rings. The average molecular weight is 358 g/mol. The highest BCUT2D eigenvalue weighted by atomic mass is 32.2. The highest BCUT2D eigenvalue weighted by molar-refractivity contribution is 7.89. The molecule has 0 saturated carbocycles. The Morgan fingerprint density at radius 2 is 1.96 bits per heavy atom. The summed E-state index contributed by atoms with van der Waals surface area (Å²) in [4.78, 5) is 19.8. The molecule has 0 aliphatic carbocycles. The fourth-order valence-electron chi connectivity index (χ4n) is 3.35. The Labute approximate surface area is 145 Å². The molecule has 7 nitrogen and oxygen atoms in total. The number of sulfonamides is 1. The van der Waals surface area contributed by atoms with Crippen LogP contribution in [0.5, 0.6) is 0 Å². The van der Waals surface area contributed by atoms with E-state index in [4.69, 9.17) is 0 Å². The number of benzene rings is 1. The van der Waals surface area contributed by atoms with E-state index in [9.17, 15) is 13.2 Å². The molecule has 0 radical (unpaired) electrons. The Hall–Kier alpha value is -2.45. The summed E-state index contributed by atoms with van der Waals surface area (Å²) in [5.41, 5.74) is 0.367. The first kappa shape index (κ1) is 16.0. The lowest BCUT2D eigenvalue weighted by atomic mass is 10.0. The SMILES string of the molecule is O=c1cc([C@@H]2CCCCN2S(=O)(=O)c2ccccc2)[nH]c2nccn12. The van der Waals surface area contributed by atoms with Gasteiger partial charge in [-0.25, -0.2) is 13.4 Å². The second kappa shape index (κ2) is 6.12. The number of imidazole rings is 1. The quantitative estimate of drug-likeness (QED) is 0.775. The van der Waals surface area contributed by atoms with Gasteiger partial charge in [-0.2, -0.15) is 4.31 Å². The number of piperidine rings is 1. The first-order valence-corrected chi connectivity index (χ1v) is 9.64. The normalized spacial score (nSPS) is 19.3. The summed E-state index contributed by atoms with van der Waals surface area (Å²) in [7, 11) is -3.63. The van der Waals surface area contributed by atoms with Crippen molar-refractivity contribution < 1.29 is 8.42 Å². The Morgan fingerprint density at radius 3 is 2.76 bits per heavy atom. The number of fused-ring (bicyclic) bond motifs is 1. The van der Waals surface area contributed by atoms with E-state index in [1.807, 2.05) is 0 Å². The molecule has 1 saturated heterocycles. The summed E-state index contributed by atoms with van der Waals surface area (Å²) in [5.74, 6) is 0.421. The molecule has 1 aliphatic heterocycles. The molecule has 1 fully saturated rings. The van der Waals surface area contributed by atoms with Crippen LogP contribution in [0.1, 0.15) is 31.0 Å². The first-order chi connectivity index (χ1) is 12.1. The topological polar surface area (TPSA) is 87.5 Å². The molecule has 0 amide bonds. The Morgan fingerprint density at radius 1 is 1.16 bits per heavy atom. The number of nitrogens with zero attached hydrogens (tertiary/aromatic N) is 3. The number of hydrogen-bond acceptors (Lipinski definition) is 4. The number of nitrogens with one attached hydrogen (secondary N) is 1. The van der Waals surface area contributed by atoms with Crippen LogP contribution in [0.2, 0.25) is 0 Å². The first-order valence-electron chi connectivity index (χ1n) is 8.20. The second-order valence-corrected chi connectivity index (χ2v) is 8.01. The number of H-pyrrole nitrogens is 1. The molecular formula is C17H18N4O3S. The van der Waals surface area contributed by atoms with Crippen molar-refractivity contribution in [2.75, 3.05) is 6.54 Å². The molecule has 1 aromatic carbocycles. The standard InChI is InChI=1S/C17H18N4O3S/c22-16-12-14(19-17-18-9-11-20(16)17)15-8-4-5-10-21(15)25(23,24)13-6-2-1-3-7-13/h1-3,6-7,9,11-12,15H,4-5,8,10H2,(H,18,19)/t15-/m0/s1. The minimum Gasteiger partial charge on any atom is -0.327 e. The van der Waals surface area contributed by atoms with Crippen molar-refractivity contribution in [1.29, 1.82) is 0 Å². The minimum atomic E-state index is -3.63. The summed E-state index contributed by atoms with van der Waals surface area (Å²) >= 11 is 0. The van der Waals surface area contributed by atoms with Crippen LogP contribution in [0.25, 0.3) is 5.78 Å². The molecule has 2 aromatic heterocycles. The molecule has 8 heteroatoms. The summed E-state index contributed by atoms with van der Waals surface area (Å²) in [6.45, 7) is 0.434. The van der Waals surface area contributed by atoms with Crippen LogP contribution in [0.15, 0.2) is 58.5 Å². The van der Waals surface area contributed by atoms with Crippen LogP contribution in [-0.4, -0.2) is 33.6 Å². The van der Waals surface area contributed by atoms with E-state index in [0.29, 0.717) is 24.4 Å². The van der Waals surface area contributed by atoms with E-state index in [0.717, 1.165) is 12.8 Å². The van der Waals surface area contributed by atoms with Gasteiger partial charge in [0.05, 0.1) is 10.9 Å². The molecule has 1 aliphatic rings. The molecular weight excluding hydrogens is 340 g/mol. The van der Waals surface area contributed by atoms with Crippen molar-refractivity contribution in [3.05, 3.63) is 64.8 Å². The highest BCUT2D eigenvalue weighted by Crippen LogP contribution is 2.34. The summed E-state index contributed by atoms with van der Waals surface area (Å²) < 4.78 is 29.1. The predicted octanol–water partition coefficient (Wildman–Crippen LogP) is 1.94. The third kappa shape index (κ3) is 2.77. The van der Waals surface area contributed by atoms with Gasteiger partial charge in [-0.1, -0.05) is 24.6 Å². The zero-order valence-corrected chi connectivity index (χ0v) is 14.3. The molecule has 0 unspecified atom stereocenters. The molecule has 1 N–H and O–H groups in total. The monoisotopic (exact) mass is 358 g/mol. The lowest BCUT2D eigenvalue weighted by Crippen LogP contribution is -2.39. The van der Waals surface area contributed by atoms with Gasteiger partial charge in [-0.15, -0.1) is 0 Å². The van der Waals surface area contributed by atoms with E-state index >= 15 is 0 Å². The maximum atomic E-state index is 13.1. The lowest BCUT2D eigenvalue weighted by molar-refractivity contribution is 0.251. The highest BCUT2D eigenvalue weighted by Gasteiger charge is 2.35. The number of rotatable bonds is 3. The van der Waals surface area contributed by atoms with Crippen LogP contribution in [0.3, 0.4) is 0 Å². The van der Waals surface area contributed by atoms with Gasteiger partial charge in [0.15, 0.2) is 0 Å². The van der Waals surface area contributed by atoms with Crippen molar-refractivity contribution >= 4 is 15.8 Å². The fourth-order valence-corrected chi connectivity index (χ4v) is 5.05. The zero-order valence-electron chi connectivity index (χ0n) is 13.5. The molecule has 130 valence electrons. The third-order valence-corrected chi connectivity index (χ3v) is 6.50. The van der Waals surface area contributed by atoms with Crippen molar-refractivity contribution in [3.8, 4) is 0 Å². The third-order valence-electron chi connectivity index (χ3n) is 4.58. The Balaban J connectivity index is 1.80. The van der Waals surface area contributed by atoms with Gasteiger partial charge in [0.2, 0.25) is 15.8 Å². The van der Waals surface area contributed by atoms with Crippen LogP contribution >= 0.6 is 0 Å². The van der Waals surface area contributed by atoms with Crippen molar-refractivity contribution in [2.45, 2.75) is 30.2 Å². The largest absolute Gasteiger partial charge is 0.327 e. The van der Waals surface area contributed by atoms with Gasteiger partial charge in [0, 0.05) is 30.7 Å². The van der Waals surface area contributed by atoms with Crippen LogP contribution in [0, 0.1) is 0 Å². The van der Waals surface area contributed by atoms with E-state index in [1.165, 1.54) is 21.0 Å². The number of aromatic amines is 1. The Bertz CT molecular complexity index is 1060. The van der Waals surface area contributed by atoms with Crippen molar-refractivity contribution in [1.82, 2.24) is 18.7 Å². The molecule has 0 bridgehead atoms. The van der Waals surface area contributed by atoms with Gasteiger partial charge >= 0.3 is 0 Å². The molecule has 3 heterocycles. The zero-order chi connectivity index (χ0) is 17.4. The van der Waals surface area contributed by atoms with E-state index < -0.39 is 16.1 Å². The van der Waals surface area contributed by atoms with Gasteiger partial charge in [-0.3, -0.25) is 9.20 Å². The van der Waals surface area contributed by atoms with Crippen LogP contribution < -0.4 is 5.56 Å². The van der Waals surface area contributed by atoms with Crippen LogP contribution in [-0.2, 0) is 10.0 Å². The smallest absolute Gasteiger partial charge is 0.259 e. The van der Waals surface area contributed by atoms with Crippen molar-refractivity contribution in [2.24, 2.45) is 0 Å². The summed E-state index contributed by atoms with van der Waals surface area (Å²) in [6, 6.07) is 9.49. The van der Waals surface area contributed by atoms with Crippen LogP contribution in [0.4, 0.5) is 0 Å². The molecule has 25 heavy (non-hydrogen) atoms. The number of hydrogen-bond donors (Lipinski definition) is 1. The second-order valence-electron chi connectivity index (χ2n) is 6.12. The van der Waals surface area contributed by atoms with Gasteiger partial charge in [-0.05, 0) is 25.0 Å². The predicted molar refractivity (Wildman–Crippen MR) is 92.7 cm³/mol. The molecule has 0 spiro atoms. The van der Waals surface area contributed by atoms with Gasteiger partial charge in [0.1, 0.15) is 0 Å². The van der Waals surface area contributed by atoms with E-state index in [2.05, 4.69) is 9.97 Å². The summed E-state index contributed by atoms with van der Waals surface area (Å²) in [5, 5.41) is 0. The van der Waals surface area contributed by atoms with E-state index in [-0.39, 0.29) is 10.5 Å².